The summed E-state index contributed by atoms with van der Waals surface area (Å²) in [6, 6.07) is 60.5. The van der Waals surface area contributed by atoms with Crippen molar-refractivity contribution in [1.29, 1.82) is 0 Å². The molecule has 35 heteroatoms. The summed E-state index contributed by atoms with van der Waals surface area (Å²) < 4.78 is 32.5. The number of carbonyl (C=O) groups is 8. The largest absolute Gasteiger partial charge is 0.378 e. The number of likely N-dealkylation sites (tertiary alicyclic amines) is 1. The molecule has 8 fully saturated rings. The first-order chi connectivity index (χ1) is 71.3. The minimum absolute atomic E-state index is 0.00745. The molecule has 24 rings (SSSR count). The number of piperidine rings is 2. The number of anilines is 11. The van der Waals surface area contributed by atoms with Gasteiger partial charge in [-0.05, 0) is 233 Å². The number of hydrogen-bond acceptors (Lipinski definition) is 21. The standard InChI is InChI=1S/C29H28F2N6O2.C28H28N6O2.C27H26N6O3.C27H26N6O2/c30-29(31)9-11-37(12-10-29)17-18-13-21(16-32-15-18)20-7-8-23-22(14-20)26(36-35-23)28(39)34-25-4-2-1-3-24(25)33-27(38)19-5-6-19;35-27(18-8-9-18)30-24-6-2-3-7-25(24)31-28(36)26-22-15-19(10-11-23(22)32-33-26)20-14-21(17-29-16-20)34-12-4-1-5-13-34;34-26(17-5-6-17)29-23-3-1-2-4-24(23)30-27(35)25-21-14-18(7-8-22(21)31-32-25)19-13-20(16-28-15-19)33-9-11-36-12-10-33;34-26(17-7-8-17)29-23-5-1-2-6-24(23)30-27(35)25-21-14-18(9-10-22(21)31-32-25)19-13-20(16-28-15-19)33-11-3-4-12-33/h1-4,7-8,13-16,19H,5-6,9-12,17H2,(H,33,38)(H,34,39)(H,35,36);2-3,6-7,10-11,14-18H,1,4-5,8-9,12-13H2,(H,30,35)(H,31,36)(H,32,33);1-4,7-8,13-17H,5-6,9-12H2,(H,29,34)(H,30,35)(H,31,32);1-2,5-6,9-10,13-17H,3-4,7-8,11-12H2,(H,29,34)(H,30,35)(H,31,32). The van der Waals surface area contributed by atoms with E-state index >= 15 is 0 Å². The molecule has 0 spiro atoms. The van der Waals surface area contributed by atoms with Crippen LogP contribution in [-0.4, -0.2) is 184 Å². The van der Waals surface area contributed by atoms with E-state index in [1.807, 2.05) is 157 Å². The fourth-order valence-electron chi connectivity index (χ4n) is 18.6. The quantitative estimate of drug-likeness (QED) is 0.0253. The van der Waals surface area contributed by atoms with Crippen LogP contribution in [0.5, 0.6) is 0 Å². The van der Waals surface area contributed by atoms with E-state index in [0.29, 0.717) is 106 Å². The second kappa shape index (κ2) is 42.8. The number of pyridine rings is 4. The molecule has 4 aliphatic heterocycles. The summed E-state index contributed by atoms with van der Waals surface area (Å²) in [7, 11) is 0. The van der Waals surface area contributed by atoms with Crippen molar-refractivity contribution in [3.8, 4) is 44.5 Å². The molecule has 4 aliphatic carbocycles. The van der Waals surface area contributed by atoms with Gasteiger partial charge in [-0.1, -0.05) is 72.8 Å². The van der Waals surface area contributed by atoms with E-state index in [9.17, 15) is 47.1 Å². The number of aromatic amines is 4. The van der Waals surface area contributed by atoms with E-state index in [1.165, 1.54) is 32.1 Å². The molecular weight excluding hydrogens is 1850 g/mol. The van der Waals surface area contributed by atoms with Gasteiger partial charge in [-0.25, -0.2) is 8.78 Å². The van der Waals surface area contributed by atoms with E-state index in [4.69, 9.17) is 4.74 Å². The molecule has 0 atom stereocenters. The number of nitrogens with one attached hydrogen (secondary N) is 12. The highest BCUT2D eigenvalue weighted by molar-refractivity contribution is 6.17. The number of nitrogens with zero attached hydrogens (tertiary/aromatic N) is 12. The highest BCUT2D eigenvalue weighted by Gasteiger charge is 2.37. The SMILES string of the molecule is O=C(Nc1ccccc1NC(=O)C1CC1)c1n[nH]c2ccc(-c3cncc(CN4CCC(F)(F)CC4)c3)cc12.O=C(Nc1ccccc1NC(=O)C1CC1)c1n[nH]c2ccc(-c3cncc(N4CCCC4)c3)cc12.O=C(Nc1ccccc1NC(=O)C1CC1)c1n[nH]c2ccc(-c3cncc(N4CCCCC4)c3)cc12.O=C(Nc1ccccc1NC(=O)C1CC1)c1n[nH]c2ccc(-c3cncc(N4CCOCC4)c3)cc12. The van der Waals surface area contributed by atoms with Crippen LogP contribution >= 0.6 is 0 Å². The van der Waals surface area contributed by atoms with Crippen molar-refractivity contribution in [3.63, 3.8) is 0 Å². The van der Waals surface area contributed by atoms with Crippen LogP contribution in [-0.2, 0) is 30.5 Å². The molecule has 12 N–H and O–H groups in total. The molecule has 8 aromatic heterocycles. The summed E-state index contributed by atoms with van der Waals surface area (Å²) in [5.41, 5.74) is 20.3. The Morgan fingerprint density at radius 1 is 0.301 bits per heavy atom. The first-order valence-electron chi connectivity index (χ1n) is 49.8. The second-order valence-electron chi connectivity index (χ2n) is 38.2. The van der Waals surface area contributed by atoms with Gasteiger partial charge in [0, 0.05) is 170 Å². The fourth-order valence-corrected chi connectivity index (χ4v) is 18.6. The third-order valence-corrected chi connectivity index (χ3v) is 27.5. The summed E-state index contributed by atoms with van der Waals surface area (Å²) in [6.45, 7) is 8.55. The molecule has 146 heavy (non-hydrogen) atoms. The first kappa shape index (κ1) is 95.4. The molecular formula is C111H108F2N24O9. The number of carbonyl (C=O) groups excluding carboxylic acids is 8. The Morgan fingerprint density at radius 2 is 0.568 bits per heavy atom. The van der Waals surface area contributed by atoms with Gasteiger partial charge in [0.2, 0.25) is 23.6 Å². The Labute approximate surface area is 838 Å². The van der Waals surface area contributed by atoms with Gasteiger partial charge < -0.3 is 62.0 Å². The van der Waals surface area contributed by atoms with E-state index in [1.54, 1.807) is 73.1 Å². The molecule has 4 saturated heterocycles. The Morgan fingerprint density at radius 3 is 0.863 bits per heavy atom. The molecule has 12 heterocycles. The average molecular weight is 1960 g/mol. The van der Waals surface area contributed by atoms with Crippen molar-refractivity contribution in [2.45, 2.75) is 109 Å². The number of rotatable bonds is 25. The lowest BCUT2D eigenvalue weighted by atomic mass is 10.0. The number of H-pyrrole nitrogens is 4. The molecule has 740 valence electrons. The van der Waals surface area contributed by atoms with Gasteiger partial charge >= 0.3 is 0 Å². The average Bonchev–Trinajstić information content (AvgIpc) is 1.67. The Bertz CT molecular complexity index is 7390. The van der Waals surface area contributed by atoms with Gasteiger partial charge in [-0.15, -0.1) is 0 Å². The van der Waals surface area contributed by atoms with Crippen LogP contribution in [0.4, 0.5) is 71.3 Å². The maximum Gasteiger partial charge on any atom is 0.276 e. The van der Waals surface area contributed by atoms with Crippen molar-refractivity contribution >= 4 is 153 Å². The van der Waals surface area contributed by atoms with Crippen molar-refractivity contribution < 1.29 is 51.9 Å². The van der Waals surface area contributed by atoms with Gasteiger partial charge in [0.15, 0.2) is 22.8 Å². The van der Waals surface area contributed by atoms with Crippen LogP contribution in [0.15, 0.2) is 244 Å². The number of benzene rings is 8. The highest BCUT2D eigenvalue weighted by atomic mass is 19.3. The van der Waals surface area contributed by atoms with Crippen molar-refractivity contribution in [1.82, 2.24) is 65.6 Å². The lowest BCUT2D eigenvalue weighted by molar-refractivity contribution is -0.118. The summed E-state index contributed by atoms with van der Waals surface area (Å²) in [5.74, 6) is -3.83. The molecule has 8 amide bonds. The number of alkyl halides is 2. The topological polar surface area (TPSA) is 421 Å². The van der Waals surface area contributed by atoms with Crippen molar-refractivity contribution in [3.05, 3.63) is 272 Å². The molecule has 16 aromatic rings. The number of fused-ring (bicyclic) bond motifs is 4. The minimum atomic E-state index is -2.58. The van der Waals surface area contributed by atoms with Gasteiger partial charge in [0.25, 0.3) is 29.6 Å². The van der Waals surface area contributed by atoms with Crippen LogP contribution in [0.25, 0.3) is 88.1 Å². The molecule has 0 unspecified atom stereocenters. The summed E-state index contributed by atoms with van der Waals surface area (Å²) >= 11 is 0. The Balaban J connectivity index is 0.000000114. The Kier molecular flexibility index (Phi) is 27.9. The van der Waals surface area contributed by atoms with E-state index < -0.39 is 11.8 Å². The normalized spacial score (nSPS) is 16.0. The number of para-hydroxylation sites is 8. The number of amides is 8. The monoisotopic (exact) mass is 1960 g/mol. The molecule has 0 bridgehead atoms. The molecule has 33 nitrogen and oxygen atoms in total. The zero-order valence-corrected chi connectivity index (χ0v) is 80.1. The second-order valence-corrected chi connectivity index (χ2v) is 38.2. The maximum atomic E-state index is 13.5. The lowest BCUT2D eigenvalue weighted by Crippen LogP contribution is -2.38. The van der Waals surface area contributed by atoms with Crippen LogP contribution in [0, 0.1) is 23.7 Å². The van der Waals surface area contributed by atoms with Crippen molar-refractivity contribution in [2.75, 3.05) is 123 Å². The number of halogens is 2. The third-order valence-electron chi connectivity index (χ3n) is 27.5. The van der Waals surface area contributed by atoms with E-state index in [0.717, 1.165) is 185 Å². The molecule has 8 aliphatic rings. The van der Waals surface area contributed by atoms with Gasteiger partial charge in [0.05, 0.1) is 116 Å². The zero-order valence-electron chi connectivity index (χ0n) is 80.1. The molecule has 4 saturated carbocycles. The van der Waals surface area contributed by atoms with Crippen LogP contribution in [0.3, 0.4) is 0 Å². The Hall–Kier alpha value is -16.8. The number of morpholine rings is 1. The molecule has 0 radical (unpaired) electrons. The number of aromatic nitrogens is 12. The van der Waals surface area contributed by atoms with Gasteiger partial charge in [-0.2, -0.15) is 20.4 Å². The summed E-state index contributed by atoms with van der Waals surface area (Å²) in [5, 5.41) is 55.0. The van der Waals surface area contributed by atoms with Crippen LogP contribution < -0.4 is 57.2 Å². The highest BCUT2D eigenvalue weighted by Crippen LogP contribution is 2.41. The minimum Gasteiger partial charge on any atom is -0.378 e. The van der Waals surface area contributed by atoms with Crippen molar-refractivity contribution in [2.24, 2.45) is 23.7 Å². The summed E-state index contributed by atoms with van der Waals surface area (Å²) in [6.07, 6.45) is 27.8. The number of ether oxygens (including phenoxy) is 1. The smallest absolute Gasteiger partial charge is 0.276 e. The fraction of sp³-hybridized carbons (Fsp3) is 0.279. The summed E-state index contributed by atoms with van der Waals surface area (Å²) in [4.78, 5) is 129. The predicted octanol–water partition coefficient (Wildman–Crippen LogP) is 19.6. The maximum absolute atomic E-state index is 13.5. The van der Waals surface area contributed by atoms with Gasteiger partial charge in [-0.3, -0.25) is 83.6 Å². The van der Waals surface area contributed by atoms with E-state index in [-0.39, 0.29) is 89.3 Å². The third kappa shape index (κ3) is 22.8. The number of hydrogen-bond donors (Lipinski definition) is 12. The van der Waals surface area contributed by atoms with Crippen LogP contribution in [0.2, 0.25) is 0 Å². The van der Waals surface area contributed by atoms with Crippen LogP contribution in [0.1, 0.15) is 144 Å². The van der Waals surface area contributed by atoms with Gasteiger partial charge in [0.1, 0.15) is 0 Å². The van der Waals surface area contributed by atoms with E-state index in [2.05, 4.69) is 136 Å². The first-order valence-corrected chi connectivity index (χ1v) is 49.8. The lowest BCUT2D eigenvalue weighted by Gasteiger charge is -2.31. The zero-order chi connectivity index (χ0) is 99.7. The predicted molar refractivity (Wildman–Crippen MR) is 560 cm³/mol. The molecule has 8 aromatic carbocycles.